The topological polar surface area (TPSA) is 137 Å². The van der Waals surface area contributed by atoms with Crippen molar-refractivity contribution in [3.05, 3.63) is 28.3 Å². The zero-order valence-corrected chi connectivity index (χ0v) is 12.8. The third-order valence-corrected chi connectivity index (χ3v) is 2.94. The van der Waals surface area contributed by atoms with Gasteiger partial charge in [-0.1, -0.05) is 0 Å². The van der Waals surface area contributed by atoms with E-state index in [2.05, 4.69) is 20.6 Å². The lowest BCUT2D eigenvalue weighted by molar-refractivity contribution is -0.383. The summed E-state index contributed by atoms with van der Waals surface area (Å²) in [5.41, 5.74) is 5.85. The van der Waals surface area contributed by atoms with Gasteiger partial charge in [-0.05, 0) is 0 Å². The molecule has 1 heterocycles. The van der Waals surface area contributed by atoms with Gasteiger partial charge < -0.3 is 25.8 Å². The lowest BCUT2D eigenvalue weighted by atomic mass is 10.3. The van der Waals surface area contributed by atoms with Gasteiger partial charge in [-0.2, -0.15) is 9.97 Å². The first-order valence-electron chi connectivity index (χ1n) is 6.48. The van der Waals surface area contributed by atoms with Crippen LogP contribution in [0.15, 0.2) is 18.2 Å². The number of benzene rings is 1. The number of rotatable bonds is 6. The molecule has 0 spiro atoms. The highest BCUT2D eigenvalue weighted by Gasteiger charge is 2.22. The predicted octanol–water partition coefficient (Wildman–Crippen LogP) is 1.77. The molecule has 0 amide bonds. The van der Waals surface area contributed by atoms with Crippen LogP contribution in [0.4, 0.5) is 29.0 Å². The minimum Gasteiger partial charge on any atom is -0.497 e. The summed E-state index contributed by atoms with van der Waals surface area (Å²) in [6.45, 7) is 0. The Morgan fingerprint density at radius 1 is 1.17 bits per heavy atom. The Hall–Kier alpha value is -3.30. The van der Waals surface area contributed by atoms with Crippen molar-refractivity contribution in [1.29, 1.82) is 0 Å². The van der Waals surface area contributed by atoms with Crippen molar-refractivity contribution in [1.82, 2.24) is 9.97 Å². The van der Waals surface area contributed by atoms with Crippen LogP contribution in [0.2, 0.25) is 0 Å². The average molecular weight is 320 g/mol. The summed E-state index contributed by atoms with van der Waals surface area (Å²) in [6.07, 6.45) is 0. The van der Waals surface area contributed by atoms with Crippen LogP contribution in [-0.4, -0.2) is 36.2 Å². The van der Waals surface area contributed by atoms with Crippen LogP contribution < -0.4 is 25.8 Å². The van der Waals surface area contributed by atoms with E-state index >= 15 is 0 Å². The normalized spacial score (nSPS) is 10.0. The molecular formula is C13H16N6O4. The second kappa shape index (κ2) is 6.64. The minimum atomic E-state index is -0.639. The first kappa shape index (κ1) is 16.1. The van der Waals surface area contributed by atoms with Crippen LogP contribution in [-0.2, 0) is 0 Å². The fourth-order valence-electron chi connectivity index (χ4n) is 1.89. The number of aromatic nitrogens is 2. The van der Waals surface area contributed by atoms with Gasteiger partial charge in [-0.15, -0.1) is 0 Å². The molecule has 4 N–H and O–H groups in total. The van der Waals surface area contributed by atoms with Gasteiger partial charge in [-0.25, -0.2) is 0 Å². The number of methoxy groups -OCH3 is 2. The number of nitro groups is 1. The number of hydrogen-bond acceptors (Lipinski definition) is 9. The van der Waals surface area contributed by atoms with Crippen LogP contribution in [0.1, 0.15) is 0 Å². The number of nitrogens with zero attached hydrogens (tertiary/aromatic N) is 3. The molecule has 1 aromatic carbocycles. The second-order valence-electron chi connectivity index (χ2n) is 4.36. The first-order chi connectivity index (χ1) is 11.0. The van der Waals surface area contributed by atoms with Gasteiger partial charge in [0.15, 0.2) is 0 Å². The summed E-state index contributed by atoms with van der Waals surface area (Å²) in [4.78, 5) is 18.3. The zero-order valence-electron chi connectivity index (χ0n) is 12.8. The molecule has 0 atom stereocenters. The minimum absolute atomic E-state index is 0.0138. The third-order valence-electron chi connectivity index (χ3n) is 2.94. The van der Waals surface area contributed by atoms with Crippen molar-refractivity contribution < 1.29 is 14.4 Å². The van der Waals surface area contributed by atoms with Crippen LogP contribution in [0, 0.1) is 10.1 Å². The molecule has 0 radical (unpaired) electrons. The Morgan fingerprint density at radius 2 is 1.78 bits per heavy atom. The Morgan fingerprint density at radius 3 is 2.26 bits per heavy atom. The molecule has 0 aliphatic rings. The molecule has 0 bridgehead atoms. The quantitative estimate of drug-likeness (QED) is 0.537. The molecule has 122 valence electrons. The van der Waals surface area contributed by atoms with E-state index in [1.807, 2.05) is 0 Å². The third kappa shape index (κ3) is 3.48. The molecule has 10 heteroatoms. The fourth-order valence-corrected chi connectivity index (χ4v) is 1.89. The Bertz CT molecular complexity index is 714. The number of nitrogens with one attached hydrogen (secondary N) is 2. The van der Waals surface area contributed by atoms with E-state index in [-0.39, 0.29) is 23.3 Å². The maximum Gasteiger partial charge on any atom is 0.353 e. The van der Waals surface area contributed by atoms with Crippen LogP contribution in [0.3, 0.4) is 0 Å². The predicted molar refractivity (Wildman–Crippen MR) is 85.5 cm³/mol. The van der Waals surface area contributed by atoms with Gasteiger partial charge in [0.2, 0.25) is 17.6 Å². The van der Waals surface area contributed by atoms with Crippen molar-refractivity contribution in [2.24, 2.45) is 0 Å². The highest BCUT2D eigenvalue weighted by molar-refractivity contribution is 5.71. The number of ether oxygens (including phenoxy) is 2. The lowest BCUT2D eigenvalue weighted by Crippen LogP contribution is -2.08. The van der Waals surface area contributed by atoms with Crippen molar-refractivity contribution in [3.8, 4) is 11.5 Å². The van der Waals surface area contributed by atoms with Crippen LogP contribution in [0.5, 0.6) is 11.5 Å². The Labute approximate surface area is 131 Å². The molecule has 0 aliphatic carbocycles. The van der Waals surface area contributed by atoms with Crippen molar-refractivity contribution in [2.75, 3.05) is 37.6 Å². The van der Waals surface area contributed by atoms with Gasteiger partial charge in [0, 0.05) is 30.9 Å². The molecule has 0 unspecified atom stereocenters. The summed E-state index contributed by atoms with van der Waals surface area (Å²) in [5, 5.41) is 16.5. The molecule has 10 nitrogen and oxygen atoms in total. The molecule has 1 aromatic heterocycles. The molecule has 2 rings (SSSR count). The SMILES string of the molecule is CNc1nc(Nc2cc(OC)cc(OC)c2)nc(N)c1[N+](=O)[O-]. The van der Waals surface area contributed by atoms with E-state index in [9.17, 15) is 10.1 Å². The van der Waals surface area contributed by atoms with Crippen molar-refractivity contribution >= 4 is 29.0 Å². The van der Waals surface area contributed by atoms with Crippen molar-refractivity contribution in [2.45, 2.75) is 0 Å². The van der Waals surface area contributed by atoms with Gasteiger partial charge in [0.25, 0.3) is 0 Å². The van der Waals surface area contributed by atoms with E-state index in [0.29, 0.717) is 17.2 Å². The van der Waals surface area contributed by atoms with Crippen molar-refractivity contribution in [3.63, 3.8) is 0 Å². The summed E-state index contributed by atoms with van der Waals surface area (Å²) >= 11 is 0. The summed E-state index contributed by atoms with van der Waals surface area (Å²) in [7, 11) is 4.56. The van der Waals surface area contributed by atoms with Crippen LogP contribution in [0.25, 0.3) is 0 Å². The number of anilines is 4. The van der Waals surface area contributed by atoms with Gasteiger partial charge in [-0.3, -0.25) is 10.1 Å². The molecular weight excluding hydrogens is 304 g/mol. The number of hydrogen-bond donors (Lipinski definition) is 3. The smallest absolute Gasteiger partial charge is 0.353 e. The van der Waals surface area contributed by atoms with Gasteiger partial charge in [0.1, 0.15) is 11.5 Å². The fraction of sp³-hybridized carbons (Fsp3) is 0.231. The summed E-state index contributed by atoms with van der Waals surface area (Å²) in [6, 6.07) is 5.10. The highest BCUT2D eigenvalue weighted by Crippen LogP contribution is 2.31. The Kier molecular flexibility index (Phi) is 4.64. The molecule has 0 fully saturated rings. The molecule has 0 saturated carbocycles. The maximum atomic E-state index is 11.0. The van der Waals surface area contributed by atoms with E-state index in [4.69, 9.17) is 15.2 Å². The first-order valence-corrected chi connectivity index (χ1v) is 6.48. The summed E-state index contributed by atoms with van der Waals surface area (Å²) in [5.74, 6) is 1.01. The molecule has 2 aromatic rings. The second-order valence-corrected chi connectivity index (χ2v) is 4.36. The van der Waals surface area contributed by atoms with E-state index in [1.165, 1.54) is 21.3 Å². The van der Waals surface area contributed by atoms with Gasteiger partial charge >= 0.3 is 5.69 Å². The van der Waals surface area contributed by atoms with E-state index < -0.39 is 4.92 Å². The maximum absolute atomic E-state index is 11.0. The molecule has 0 aliphatic heterocycles. The number of nitrogen functional groups attached to an aromatic ring is 1. The van der Waals surface area contributed by atoms with Gasteiger partial charge in [0.05, 0.1) is 19.1 Å². The monoisotopic (exact) mass is 320 g/mol. The van der Waals surface area contributed by atoms with E-state index in [0.717, 1.165) is 0 Å². The summed E-state index contributed by atoms with van der Waals surface area (Å²) < 4.78 is 10.3. The standard InChI is InChI=1S/C13H16N6O4/c1-15-12-10(19(20)21)11(14)17-13(18-12)16-7-4-8(22-2)6-9(5-7)23-3/h4-6H,1-3H3,(H4,14,15,16,17,18). The van der Waals surface area contributed by atoms with Crippen LogP contribution >= 0.6 is 0 Å². The molecule has 23 heavy (non-hydrogen) atoms. The lowest BCUT2D eigenvalue weighted by Gasteiger charge is -2.11. The molecule has 0 saturated heterocycles. The Balaban J connectivity index is 2.41. The highest BCUT2D eigenvalue weighted by atomic mass is 16.6. The largest absolute Gasteiger partial charge is 0.497 e. The number of nitrogens with two attached hydrogens (primary N) is 1. The average Bonchev–Trinajstić information content (AvgIpc) is 2.53. The van der Waals surface area contributed by atoms with E-state index in [1.54, 1.807) is 18.2 Å². The zero-order chi connectivity index (χ0) is 17.0.